The van der Waals surface area contributed by atoms with E-state index in [-0.39, 0.29) is 17.1 Å². The summed E-state index contributed by atoms with van der Waals surface area (Å²) in [7, 11) is 0. The van der Waals surface area contributed by atoms with Gasteiger partial charge < -0.3 is 5.32 Å². The van der Waals surface area contributed by atoms with E-state index in [1.54, 1.807) is 12.1 Å². The molecule has 2 saturated carbocycles. The molecule has 5 heteroatoms. The molecular weight excluding hydrogens is 303 g/mol. The average Bonchev–Trinajstić information content (AvgIpc) is 3.35. The molecule has 3 aliphatic rings. The van der Waals surface area contributed by atoms with Gasteiger partial charge in [-0.15, -0.1) is 0 Å². The first-order valence-corrected chi connectivity index (χ1v) is 8.28. The van der Waals surface area contributed by atoms with E-state index in [4.69, 9.17) is 0 Å². The average molecular weight is 323 g/mol. The molecule has 1 aliphatic heterocycles. The lowest BCUT2D eigenvalue weighted by Crippen LogP contribution is -2.22. The number of benzene rings is 1. The SMILES string of the molecule is O=C(CC1(Cc2ccccc2C(F)(F)F)CC1)C1[C@H]2CNC[C@@H]12. The van der Waals surface area contributed by atoms with Crippen molar-refractivity contribution < 1.29 is 18.0 Å². The van der Waals surface area contributed by atoms with E-state index in [0.29, 0.717) is 30.2 Å². The number of carbonyl (C=O) groups excluding carboxylic acids is 1. The van der Waals surface area contributed by atoms with Gasteiger partial charge >= 0.3 is 6.18 Å². The molecule has 0 radical (unpaired) electrons. The molecule has 1 aromatic rings. The van der Waals surface area contributed by atoms with Crippen molar-refractivity contribution >= 4 is 5.78 Å². The Morgan fingerprint density at radius 1 is 1.17 bits per heavy atom. The van der Waals surface area contributed by atoms with Crippen molar-refractivity contribution in [3.8, 4) is 0 Å². The zero-order chi connectivity index (χ0) is 16.2. The van der Waals surface area contributed by atoms with E-state index in [1.165, 1.54) is 6.07 Å². The van der Waals surface area contributed by atoms with Gasteiger partial charge in [-0.1, -0.05) is 18.2 Å². The fourth-order valence-electron chi connectivity index (χ4n) is 4.33. The number of nitrogens with one attached hydrogen (secondary N) is 1. The predicted octanol–water partition coefficient (Wildman–Crippen LogP) is 3.45. The van der Waals surface area contributed by atoms with E-state index >= 15 is 0 Å². The number of hydrogen-bond donors (Lipinski definition) is 1. The molecule has 124 valence electrons. The fourth-order valence-corrected chi connectivity index (χ4v) is 4.33. The molecule has 1 N–H and O–H groups in total. The molecule has 3 fully saturated rings. The van der Waals surface area contributed by atoms with Crippen LogP contribution in [0.15, 0.2) is 24.3 Å². The van der Waals surface area contributed by atoms with Crippen LogP contribution in [0.2, 0.25) is 0 Å². The summed E-state index contributed by atoms with van der Waals surface area (Å²) < 4.78 is 39.4. The zero-order valence-corrected chi connectivity index (χ0v) is 12.8. The number of hydrogen-bond acceptors (Lipinski definition) is 2. The van der Waals surface area contributed by atoms with Crippen molar-refractivity contribution in [2.24, 2.45) is 23.2 Å². The van der Waals surface area contributed by atoms with Gasteiger partial charge in [-0.2, -0.15) is 13.2 Å². The molecule has 1 heterocycles. The van der Waals surface area contributed by atoms with Crippen molar-refractivity contribution in [2.45, 2.75) is 31.9 Å². The van der Waals surface area contributed by atoms with E-state index in [0.717, 1.165) is 32.0 Å². The maximum atomic E-state index is 13.1. The minimum absolute atomic E-state index is 0.173. The third kappa shape index (κ3) is 2.80. The molecule has 1 saturated heterocycles. The van der Waals surface area contributed by atoms with Crippen LogP contribution in [0.5, 0.6) is 0 Å². The van der Waals surface area contributed by atoms with Crippen LogP contribution in [0.25, 0.3) is 0 Å². The fraction of sp³-hybridized carbons (Fsp3) is 0.611. The molecule has 4 rings (SSSR count). The minimum Gasteiger partial charge on any atom is -0.316 e. The number of ketones is 1. The summed E-state index contributed by atoms with van der Waals surface area (Å²) in [4.78, 5) is 12.5. The van der Waals surface area contributed by atoms with Crippen molar-refractivity contribution in [3.05, 3.63) is 35.4 Å². The van der Waals surface area contributed by atoms with Crippen LogP contribution in [0.4, 0.5) is 13.2 Å². The van der Waals surface area contributed by atoms with Gasteiger partial charge in [0, 0.05) is 12.3 Å². The van der Waals surface area contributed by atoms with Gasteiger partial charge in [0.15, 0.2) is 0 Å². The highest BCUT2D eigenvalue weighted by molar-refractivity contribution is 5.85. The normalized spacial score (nSPS) is 30.8. The monoisotopic (exact) mass is 323 g/mol. The maximum absolute atomic E-state index is 13.1. The first-order valence-electron chi connectivity index (χ1n) is 8.28. The summed E-state index contributed by atoms with van der Waals surface area (Å²) in [6, 6.07) is 5.78. The second-order valence-electron chi connectivity index (χ2n) is 7.49. The number of halogens is 3. The van der Waals surface area contributed by atoms with Gasteiger partial charge in [-0.3, -0.25) is 4.79 Å². The van der Waals surface area contributed by atoms with Crippen molar-refractivity contribution in [1.82, 2.24) is 5.32 Å². The topological polar surface area (TPSA) is 29.1 Å². The Balaban J connectivity index is 1.46. The highest BCUT2D eigenvalue weighted by Gasteiger charge is 2.58. The lowest BCUT2D eigenvalue weighted by atomic mass is 9.87. The smallest absolute Gasteiger partial charge is 0.316 e. The molecule has 2 nitrogen and oxygen atoms in total. The first kappa shape index (κ1) is 15.2. The Labute approximate surface area is 133 Å². The van der Waals surface area contributed by atoms with Crippen molar-refractivity contribution in [3.63, 3.8) is 0 Å². The second kappa shape index (κ2) is 5.07. The molecule has 0 aromatic heterocycles. The highest BCUT2D eigenvalue weighted by Crippen LogP contribution is 2.56. The number of piperidine rings is 1. The molecular formula is C18H20F3NO. The Hall–Kier alpha value is -1.36. The van der Waals surface area contributed by atoms with Crippen LogP contribution in [0.1, 0.15) is 30.4 Å². The highest BCUT2D eigenvalue weighted by atomic mass is 19.4. The van der Waals surface area contributed by atoms with Crippen molar-refractivity contribution in [1.29, 1.82) is 0 Å². The predicted molar refractivity (Wildman–Crippen MR) is 79.8 cm³/mol. The number of Topliss-reactive ketones (excluding diaryl/α,β-unsaturated/α-hetero) is 1. The maximum Gasteiger partial charge on any atom is 0.416 e. The second-order valence-corrected chi connectivity index (χ2v) is 7.49. The zero-order valence-electron chi connectivity index (χ0n) is 12.8. The van der Waals surface area contributed by atoms with Crippen LogP contribution in [0, 0.1) is 23.2 Å². The standard InChI is InChI=1S/C18H20F3NO/c19-18(20,21)14-4-2-1-3-11(14)7-17(5-6-17)8-15(23)16-12-9-22-10-13(12)16/h1-4,12-13,16,22H,5-10H2/t12-,13+,16?. The van der Waals surface area contributed by atoms with E-state index in [9.17, 15) is 18.0 Å². The van der Waals surface area contributed by atoms with Gasteiger partial charge in [0.1, 0.15) is 5.78 Å². The Kier molecular flexibility index (Phi) is 3.34. The van der Waals surface area contributed by atoms with Gasteiger partial charge in [0.25, 0.3) is 0 Å². The number of rotatable bonds is 5. The quantitative estimate of drug-likeness (QED) is 0.899. The largest absolute Gasteiger partial charge is 0.416 e. The molecule has 1 unspecified atom stereocenters. The van der Waals surface area contributed by atoms with Gasteiger partial charge in [0.05, 0.1) is 5.56 Å². The van der Waals surface area contributed by atoms with E-state index < -0.39 is 11.7 Å². The van der Waals surface area contributed by atoms with E-state index in [2.05, 4.69) is 5.32 Å². The summed E-state index contributed by atoms with van der Waals surface area (Å²) in [5.41, 5.74) is -0.433. The Morgan fingerprint density at radius 2 is 1.83 bits per heavy atom. The number of alkyl halides is 3. The Bertz CT molecular complexity index is 625. The first-order chi connectivity index (χ1) is 10.9. The molecule has 3 atom stereocenters. The summed E-state index contributed by atoms with van der Waals surface area (Å²) in [6.45, 7) is 1.84. The van der Waals surface area contributed by atoms with Crippen molar-refractivity contribution in [2.75, 3.05) is 13.1 Å². The lowest BCUT2D eigenvalue weighted by molar-refractivity contribution is -0.138. The molecule has 0 bridgehead atoms. The van der Waals surface area contributed by atoms with Gasteiger partial charge in [-0.05, 0) is 61.2 Å². The third-order valence-electron chi connectivity index (χ3n) is 5.86. The van der Waals surface area contributed by atoms with Crippen LogP contribution in [-0.4, -0.2) is 18.9 Å². The molecule has 23 heavy (non-hydrogen) atoms. The number of fused-ring (bicyclic) bond motifs is 1. The molecule has 0 amide bonds. The summed E-state index contributed by atoms with van der Waals surface area (Å²) in [5, 5.41) is 3.27. The Morgan fingerprint density at radius 3 is 2.43 bits per heavy atom. The lowest BCUT2D eigenvalue weighted by Gasteiger charge is -2.19. The van der Waals surface area contributed by atoms with Crippen LogP contribution in [-0.2, 0) is 17.4 Å². The summed E-state index contributed by atoms with van der Waals surface area (Å²) >= 11 is 0. The van der Waals surface area contributed by atoms with Crippen LogP contribution in [0.3, 0.4) is 0 Å². The summed E-state index contributed by atoms with van der Waals surface area (Å²) in [5.74, 6) is 1.43. The third-order valence-corrected chi connectivity index (χ3v) is 5.86. The minimum atomic E-state index is -4.32. The number of carbonyl (C=O) groups is 1. The van der Waals surface area contributed by atoms with Gasteiger partial charge in [0.2, 0.25) is 0 Å². The van der Waals surface area contributed by atoms with Crippen LogP contribution >= 0.6 is 0 Å². The van der Waals surface area contributed by atoms with Crippen LogP contribution < -0.4 is 5.32 Å². The van der Waals surface area contributed by atoms with Gasteiger partial charge in [-0.25, -0.2) is 0 Å². The molecule has 2 aliphatic carbocycles. The molecule has 1 aromatic carbocycles. The molecule has 0 spiro atoms. The van der Waals surface area contributed by atoms with E-state index in [1.807, 2.05) is 0 Å². The summed E-state index contributed by atoms with van der Waals surface area (Å²) in [6.07, 6.45) is -1.77.